The highest BCUT2D eigenvalue weighted by atomic mass is 16.5. The first-order valence-corrected chi connectivity index (χ1v) is 7.48. The van der Waals surface area contributed by atoms with Gasteiger partial charge in [0.15, 0.2) is 0 Å². The van der Waals surface area contributed by atoms with E-state index in [4.69, 9.17) is 10.00 Å². The molecule has 0 radical (unpaired) electrons. The first-order chi connectivity index (χ1) is 10.6. The number of nitrogens with one attached hydrogen (secondary N) is 1. The van der Waals surface area contributed by atoms with Crippen LogP contribution >= 0.6 is 0 Å². The molecule has 5 heteroatoms. The fourth-order valence-corrected chi connectivity index (χ4v) is 2.19. The van der Waals surface area contributed by atoms with Gasteiger partial charge in [-0.15, -0.1) is 0 Å². The second-order valence-electron chi connectivity index (χ2n) is 5.44. The lowest BCUT2D eigenvalue weighted by molar-refractivity contribution is 0.288. The van der Waals surface area contributed by atoms with Crippen molar-refractivity contribution < 1.29 is 4.74 Å². The normalized spacial score (nSPS) is 13.4. The molecule has 2 aromatic rings. The molecule has 0 spiro atoms. The lowest BCUT2D eigenvalue weighted by Crippen LogP contribution is -2.36. The summed E-state index contributed by atoms with van der Waals surface area (Å²) in [4.78, 5) is 0. The minimum atomic E-state index is 0.264. The van der Waals surface area contributed by atoms with Crippen molar-refractivity contribution in [1.82, 2.24) is 15.1 Å². The largest absolute Gasteiger partial charge is 0.491 e. The molecule has 0 unspecified atom stereocenters. The van der Waals surface area contributed by atoms with E-state index in [2.05, 4.69) is 30.3 Å². The average molecular weight is 298 g/mol. The van der Waals surface area contributed by atoms with E-state index < -0.39 is 0 Å². The summed E-state index contributed by atoms with van der Waals surface area (Å²) in [5.41, 5.74) is 1.73. The molecule has 1 heterocycles. The highest BCUT2D eigenvalue weighted by Gasteiger charge is 2.14. The Morgan fingerprint density at radius 3 is 2.82 bits per heavy atom. The van der Waals surface area contributed by atoms with Crippen LogP contribution in [0.5, 0.6) is 5.75 Å². The molecule has 1 aromatic heterocycles. The molecule has 1 N–H and O–H groups in total. The van der Waals surface area contributed by atoms with Crippen LogP contribution in [-0.2, 0) is 0 Å². The molecule has 1 aromatic carbocycles. The van der Waals surface area contributed by atoms with Crippen molar-refractivity contribution in [3.8, 4) is 11.8 Å². The second-order valence-corrected chi connectivity index (χ2v) is 5.44. The number of aromatic nitrogens is 2. The predicted octanol–water partition coefficient (Wildman–Crippen LogP) is 2.68. The Hall–Kier alpha value is -2.32. The van der Waals surface area contributed by atoms with Crippen molar-refractivity contribution in [2.24, 2.45) is 0 Å². The van der Waals surface area contributed by atoms with Gasteiger partial charge >= 0.3 is 0 Å². The number of nitrogens with zero attached hydrogens (tertiary/aromatic N) is 3. The molecular weight excluding hydrogens is 276 g/mol. The second kappa shape index (κ2) is 7.62. The van der Waals surface area contributed by atoms with Crippen LogP contribution in [-0.4, -0.2) is 29.0 Å². The van der Waals surface area contributed by atoms with E-state index in [-0.39, 0.29) is 12.1 Å². The maximum atomic E-state index is 9.01. The quantitative estimate of drug-likeness (QED) is 0.798. The number of ether oxygens (including phenoxy) is 1. The van der Waals surface area contributed by atoms with Crippen molar-refractivity contribution in [3.05, 3.63) is 47.8 Å². The van der Waals surface area contributed by atoms with Crippen molar-refractivity contribution >= 4 is 0 Å². The summed E-state index contributed by atoms with van der Waals surface area (Å²) in [7, 11) is 0. The summed E-state index contributed by atoms with van der Waals surface area (Å²) in [6.45, 7) is 7.54. The minimum absolute atomic E-state index is 0.264. The van der Waals surface area contributed by atoms with Crippen LogP contribution < -0.4 is 10.1 Å². The molecular formula is C17H22N4O. The summed E-state index contributed by atoms with van der Waals surface area (Å²) >= 11 is 0. The smallest absolute Gasteiger partial charge is 0.137 e. The fraction of sp³-hybridized carbons (Fsp3) is 0.412. The third kappa shape index (κ3) is 4.09. The highest BCUT2D eigenvalue weighted by molar-refractivity contribution is 5.42. The lowest BCUT2D eigenvalue weighted by Gasteiger charge is -2.22. The van der Waals surface area contributed by atoms with Crippen molar-refractivity contribution in [2.45, 2.75) is 32.9 Å². The third-order valence-electron chi connectivity index (χ3n) is 3.70. The maximum absolute atomic E-state index is 9.01. The molecule has 22 heavy (non-hydrogen) atoms. The van der Waals surface area contributed by atoms with Crippen LogP contribution in [0.4, 0.5) is 0 Å². The molecule has 116 valence electrons. The van der Waals surface area contributed by atoms with Crippen LogP contribution in [0.25, 0.3) is 0 Å². The van der Waals surface area contributed by atoms with Crippen LogP contribution in [0.2, 0.25) is 0 Å². The number of nitriles is 1. The Labute approximate surface area is 131 Å². The molecule has 2 atom stereocenters. The number of benzene rings is 1. The lowest BCUT2D eigenvalue weighted by atomic mass is 10.2. The van der Waals surface area contributed by atoms with E-state index in [1.807, 2.05) is 42.2 Å². The van der Waals surface area contributed by atoms with Gasteiger partial charge < -0.3 is 10.1 Å². The molecule has 0 aliphatic carbocycles. The standard InChI is InChI=1S/C17H22N4O/c1-13-11-20-21(12-13)15(3)14(2)19-8-9-22-17-7-5-4-6-16(17)10-18/h4-7,11-12,14-15,19H,8-9H2,1-3H3/t14-,15+/m1/s1. The molecule has 0 fully saturated rings. The van der Waals surface area contributed by atoms with E-state index in [1.165, 1.54) is 0 Å². The third-order valence-corrected chi connectivity index (χ3v) is 3.70. The van der Waals surface area contributed by atoms with E-state index >= 15 is 0 Å². The summed E-state index contributed by atoms with van der Waals surface area (Å²) in [6, 6.07) is 9.94. The average Bonchev–Trinajstić information content (AvgIpc) is 2.97. The summed E-state index contributed by atoms with van der Waals surface area (Å²) in [6.07, 6.45) is 3.91. The molecule has 0 saturated heterocycles. The molecule has 0 amide bonds. The number of hydrogen-bond acceptors (Lipinski definition) is 4. The van der Waals surface area contributed by atoms with Crippen LogP contribution in [0.15, 0.2) is 36.7 Å². The number of aryl methyl sites for hydroxylation is 1. The minimum Gasteiger partial charge on any atom is -0.491 e. The van der Waals surface area contributed by atoms with Gasteiger partial charge in [0.25, 0.3) is 0 Å². The first kappa shape index (κ1) is 16.1. The van der Waals surface area contributed by atoms with Gasteiger partial charge in [-0.25, -0.2) is 0 Å². The van der Waals surface area contributed by atoms with E-state index in [9.17, 15) is 0 Å². The number of hydrogen-bond donors (Lipinski definition) is 1. The Kier molecular flexibility index (Phi) is 5.56. The Morgan fingerprint density at radius 1 is 1.36 bits per heavy atom. The Balaban J connectivity index is 1.78. The molecule has 5 nitrogen and oxygen atoms in total. The molecule has 0 aliphatic heterocycles. The van der Waals surface area contributed by atoms with Gasteiger partial charge in [0.1, 0.15) is 18.4 Å². The van der Waals surface area contributed by atoms with Crippen molar-refractivity contribution in [2.75, 3.05) is 13.2 Å². The molecule has 2 rings (SSSR count). The van der Waals surface area contributed by atoms with Gasteiger partial charge in [-0.05, 0) is 38.5 Å². The van der Waals surface area contributed by atoms with Gasteiger partial charge in [0.05, 0.1) is 17.8 Å². The maximum Gasteiger partial charge on any atom is 0.137 e. The van der Waals surface area contributed by atoms with E-state index in [1.54, 1.807) is 6.07 Å². The summed E-state index contributed by atoms with van der Waals surface area (Å²) < 4.78 is 7.63. The zero-order valence-corrected chi connectivity index (χ0v) is 13.3. The molecule has 0 bridgehead atoms. The van der Waals surface area contributed by atoms with Gasteiger partial charge in [-0.1, -0.05) is 12.1 Å². The first-order valence-electron chi connectivity index (χ1n) is 7.48. The highest BCUT2D eigenvalue weighted by Crippen LogP contribution is 2.16. The van der Waals surface area contributed by atoms with Crippen LogP contribution in [0.1, 0.15) is 31.0 Å². The van der Waals surface area contributed by atoms with Crippen molar-refractivity contribution in [3.63, 3.8) is 0 Å². The number of para-hydroxylation sites is 1. The topological polar surface area (TPSA) is 62.9 Å². The molecule has 0 saturated carbocycles. The van der Waals surface area contributed by atoms with E-state index in [0.29, 0.717) is 24.5 Å². The monoisotopic (exact) mass is 298 g/mol. The number of rotatable bonds is 7. The zero-order valence-electron chi connectivity index (χ0n) is 13.3. The Morgan fingerprint density at radius 2 is 2.14 bits per heavy atom. The van der Waals surface area contributed by atoms with Crippen molar-refractivity contribution in [1.29, 1.82) is 5.26 Å². The van der Waals surface area contributed by atoms with Gasteiger partial charge in [0.2, 0.25) is 0 Å². The summed E-state index contributed by atoms with van der Waals surface area (Å²) in [5, 5.41) is 16.8. The zero-order chi connectivity index (χ0) is 15.9. The van der Waals surface area contributed by atoms with Crippen LogP contribution in [0.3, 0.4) is 0 Å². The van der Waals surface area contributed by atoms with Gasteiger partial charge in [0, 0.05) is 18.8 Å². The fourth-order valence-electron chi connectivity index (χ4n) is 2.19. The Bertz CT molecular complexity index is 644. The summed E-state index contributed by atoms with van der Waals surface area (Å²) in [5.74, 6) is 0.634. The SMILES string of the molecule is Cc1cnn([C@@H](C)[C@@H](C)NCCOc2ccccc2C#N)c1. The van der Waals surface area contributed by atoms with E-state index in [0.717, 1.165) is 5.56 Å². The predicted molar refractivity (Wildman–Crippen MR) is 85.8 cm³/mol. The van der Waals surface area contributed by atoms with Gasteiger partial charge in [-0.3, -0.25) is 4.68 Å². The molecule has 0 aliphatic rings. The van der Waals surface area contributed by atoms with Gasteiger partial charge in [-0.2, -0.15) is 10.4 Å². The van der Waals surface area contributed by atoms with Crippen LogP contribution in [0, 0.1) is 18.3 Å².